The van der Waals surface area contributed by atoms with E-state index in [2.05, 4.69) is 22.1 Å². The van der Waals surface area contributed by atoms with Crippen molar-refractivity contribution in [3.8, 4) is 11.4 Å². The van der Waals surface area contributed by atoms with Crippen LogP contribution in [0.2, 0.25) is 0 Å². The number of nitrogens with one attached hydrogen (secondary N) is 1. The van der Waals surface area contributed by atoms with Gasteiger partial charge in [-0.25, -0.2) is 9.48 Å². The quantitative estimate of drug-likeness (QED) is 0.385. The van der Waals surface area contributed by atoms with Gasteiger partial charge in [0.25, 0.3) is 0 Å². The molecule has 0 saturated heterocycles. The van der Waals surface area contributed by atoms with Gasteiger partial charge in [0.15, 0.2) is 0 Å². The van der Waals surface area contributed by atoms with E-state index in [1.165, 1.54) is 4.68 Å². The van der Waals surface area contributed by atoms with Gasteiger partial charge >= 0.3 is 5.97 Å². The van der Waals surface area contributed by atoms with Crippen LogP contribution in [0.15, 0.2) is 36.9 Å². The van der Waals surface area contributed by atoms with E-state index in [0.29, 0.717) is 10.5 Å². The van der Waals surface area contributed by atoms with Crippen LogP contribution in [0.1, 0.15) is 0 Å². The Kier molecular flexibility index (Phi) is 3.10. The van der Waals surface area contributed by atoms with Crippen LogP contribution in [0.5, 0.6) is 5.75 Å². The summed E-state index contributed by atoms with van der Waals surface area (Å²) in [5, 5.41) is 9.84. The van der Waals surface area contributed by atoms with Gasteiger partial charge in [0.2, 0.25) is 4.77 Å². The average Bonchev–Trinajstić information content (AvgIpc) is 2.76. The van der Waals surface area contributed by atoms with E-state index in [0.717, 1.165) is 11.8 Å². The van der Waals surface area contributed by atoms with E-state index in [1.807, 2.05) is 0 Å². The summed E-state index contributed by atoms with van der Waals surface area (Å²) in [6.45, 7) is 3.31. The van der Waals surface area contributed by atoms with E-state index in [1.54, 1.807) is 24.3 Å². The number of carbonyl (C=O) groups is 1. The summed E-state index contributed by atoms with van der Waals surface area (Å²) in [7, 11) is 0. The fraction of sp³-hybridized carbons (Fsp3) is 0. The molecule has 1 aromatic heterocycles. The second-order valence-corrected chi connectivity index (χ2v) is 3.40. The average molecular weight is 248 g/mol. The Morgan fingerprint density at radius 1 is 1.47 bits per heavy atom. The van der Waals surface area contributed by atoms with Gasteiger partial charge in [-0.2, -0.15) is 5.21 Å². The first-order valence-electron chi connectivity index (χ1n) is 4.65. The number of benzene rings is 1. The highest BCUT2D eigenvalue weighted by molar-refractivity contribution is 7.71. The molecule has 1 N–H and O–H groups in total. The number of rotatable bonds is 3. The Morgan fingerprint density at radius 3 is 2.71 bits per heavy atom. The summed E-state index contributed by atoms with van der Waals surface area (Å²) in [4.78, 5) is 11.0. The molecule has 0 fully saturated rings. The number of carbonyl (C=O) groups excluding carboxylic acids is 1. The standard InChI is InChI=1S/C10H8N4O2S/c1-2-9(15)16-8-5-3-7(4-6-8)14-10(17)11-12-13-14/h2-6H,1H2,(H,11,13,17). The first-order valence-corrected chi connectivity index (χ1v) is 5.06. The highest BCUT2D eigenvalue weighted by Crippen LogP contribution is 2.14. The molecule has 0 aliphatic heterocycles. The summed E-state index contributed by atoms with van der Waals surface area (Å²) in [6.07, 6.45) is 1.10. The second kappa shape index (κ2) is 4.71. The van der Waals surface area contributed by atoms with Crippen molar-refractivity contribution in [1.29, 1.82) is 0 Å². The summed E-state index contributed by atoms with van der Waals surface area (Å²) >= 11 is 4.95. The largest absolute Gasteiger partial charge is 0.423 e. The van der Waals surface area contributed by atoms with Crippen molar-refractivity contribution in [2.24, 2.45) is 0 Å². The lowest BCUT2D eigenvalue weighted by atomic mass is 10.3. The number of aromatic amines is 1. The minimum Gasteiger partial charge on any atom is -0.423 e. The zero-order valence-electron chi connectivity index (χ0n) is 8.66. The van der Waals surface area contributed by atoms with Gasteiger partial charge in [-0.3, -0.25) is 0 Å². The van der Waals surface area contributed by atoms with E-state index in [9.17, 15) is 4.79 Å². The number of nitrogens with zero attached hydrogens (tertiary/aromatic N) is 3. The van der Waals surface area contributed by atoms with Crippen molar-refractivity contribution < 1.29 is 9.53 Å². The van der Waals surface area contributed by atoms with Crippen molar-refractivity contribution in [2.75, 3.05) is 0 Å². The van der Waals surface area contributed by atoms with Crippen molar-refractivity contribution in [2.45, 2.75) is 0 Å². The summed E-state index contributed by atoms with van der Waals surface area (Å²) < 4.78 is 6.77. The molecule has 0 spiro atoms. The minimum absolute atomic E-state index is 0.320. The van der Waals surface area contributed by atoms with Crippen molar-refractivity contribution in [3.63, 3.8) is 0 Å². The molecule has 7 heteroatoms. The number of tetrazole rings is 1. The number of H-pyrrole nitrogens is 1. The molecule has 6 nitrogen and oxygen atoms in total. The molecule has 1 aromatic carbocycles. The van der Waals surface area contributed by atoms with Gasteiger partial charge in [-0.05, 0) is 36.5 Å². The van der Waals surface area contributed by atoms with Gasteiger partial charge in [0.1, 0.15) is 5.75 Å². The molecule has 86 valence electrons. The fourth-order valence-electron chi connectivity index (χ4n) is 1.19. The first kappa shape index (κ1) is 11.2. The molecule has 17 heavy (non-hydrogen) atoms. The zero-order valence-corrected chi connectivity index (χ0v) is 9.48. The van der Waals surface area contributed by atoms with Crippen LogP contribution < -0.4 is 4.74 Å². The topological polar surface area (TPSA) is 72.8 Å². The second-order valence-electron chi connectivity index (χ2n) is 3.04. The van der Waals surface area contributed by atoms with Crippen LogP contribution in [0.3, 0.4) is 0 Å². The monoisotopic (exact) mass is 248 g/mol. The maximum atomic E-state index is 11.0. The predicted octanol–water partition coefficient (Wildman–Crippen LogP) is 1.42. The molecule has 0 aliphatic carbocycles. The third-order valence-corrected chi connectivity index (χ3v) is 2.22. The Morgan fingerprint density at radius 2 is 2.18 bits per heavy atom. The SMILES string of the molecule is C=CC(=O)Oc1ccc(-n2[nH]nnc2=S)cc1. The van der Waals surface area contributed by atoms with E-state index in [4.69, 9.17) is 17.0 Å². The minimum atomic E-state index is -0.502. The lowest BCUT2D eigenvalue weighted by molar-refractivity contribution is -0.128. The van der Waals surface area contributed by atoms with Crippen molar-refractivity contribution in [3.05, 3.63) is 41.7 Å². The Labute approximate surface area is 102 Å². The van der Waals surface area contributed by atoms with Crippen LogP contribution >= 0.6 is 12.2 Å². The van der Waals surface area contributed by atoms with E-state index in [-0.39, 0.29) is 0 Å². The molecule has 0 unspecified atom stereocenters. The third kappa shape index (κ3) is 2.45. The lowest BCUT2D eigenvalue weighted by Crippen LogP contribution is -2.03. The molecule has 0 saturated carbocycles. The molecule has 0 radical (unpaired) electrons. The van der Waals surface area contributed by atoms with Crippen molar-refractivity contribution >= 4 is 18.2 Å². The number of ether oxygens (including phenoxy) is 1. The third-order valence-electron chi connectivity index (χ3n) is 1.95. The maximum Gasteiger partial charge on any atom is 0.335 e. The van der Waals surface area contributed by atoms with Crippen LogP contribution in [-0.2, 0) is 4.79 Å². The number of aromatic nitrogens is 4. The Balaban J connectivity index is 2.25. The van der Waals surface area contributed by atoms with Crippen molar-refractivity contribution in [1.82, 2.24) is 20.2 Å². The zero-order chi connectivity index (χ0) is 12.3. The van der Waals surface area contributed by atoms with Gasteiger partial charge in [-0.1, -0.05) is 16.9 Å². The first-order chi connectivity index (χ1) is 8.20. The van der Waals surface area contributed by atoms with Crippen LogP contribution in [0, 0.1) is 4.77 Å². The fourth-order valence-corrected chi connectivity index (χ4v) is 1.37. The number of esters is 1. The number of hydrogen-bond acceptors (Lipinski definition) is 5. The molecular weight excluding hydrogens is 240 g/mol. The predicted molar refractivity (Wildman–Crippen MR) is 62.4 cm³/mol. The van der Waals surface area contributed by atoms with Crippen LogP contribution in [0.25, 0.3) is 5.69 Å². The molecule has 0 amide bonds. The maximum absolute atomic E-state index is 11.0. The summed E-state index contributed by atoms with van der Waals surface area (Å²) in [5.74, 6) is -0.0739. The molecular formula is C10H8N4O2S. The molecule has 2 aromatic rings. The summed E-state index contributed by atoms with van der Waals surface area (Å²) in [6, 6.07) is 6.72. The Bertz CT molecular complexity index is 599. The lowest BCUT2D eigenvalue weighted by Gasteiger charge is -2.03. The normalized spacial score (nSPS) is 9.88. The summed E-state index contributed by atoms with van der Waals surface area (Å²) in [5.41, 5.74) is 0.749. The molecule has 1 heterocycles. The molecule has 0 aliphatic rings. The van der Waals surface area contributed by atoms with Crippen LogP contribution in [0.4, 0.5) is 0 Å². The number of hydrogen-bond donors (Lipinski definition) is 1. The highest BCUT2D eigenvalue weighted by Gasteiger charge is 2.02. The van der Waals surface area contributed by atoms with Gasteiger partial charge in [0, 0.05) is 6.08 Å². The van der Waals surface area contributed by atoms with E-state index < -0.39 is 5.97 Å². The van der Waals surface area contributed by atoms with Gasteiger partial charge in [0.05, 0.1) is 5.69 Å². The molecule has 0 bridgehead atoms. The van der Waals surface area contributed by atoms with E-state index >= 15 is 0 Å². The van der Waals surface area contributed by atoms with Gasteiger partial charge in [-0.15, -0.1) is 0 Å². The van der Waals surface area contributed by atoms with Crippen LogP contribution in [-0.4, -0.2) is 26.2 Å². The molecule has 2 rings (SSSR count). The molecule has 0 atom stereocenters. The smallest absolute Gasteiger partial charge is 0.335 e. The Hall–Kier alpha value is -2.28. The van der Waals surface area contributed by atoms with Gasteiger partial charge < -0.3 is 4.74 Å². The highest BCUT2D eigenvalue weighted by atomic mass is 32.1.